The van der Waals surface area contributed by atoms with Crippen molar-refractivity contribution in [2.24, 2.45) is 5.11 Å². The van der Waals surface area contributed by atoms with Gasteiger partial charge in [0.25, 0.3) is 0 Å². The summed E-state index contributed by atoms with van der Waals surface area (Å²) in [4.78, 5) is 14.4. The lowest BCUT2D eigenvalue weighted by Gasteiger charge is -2.12. The number of aliphatic hydroxyl groups is 1. The average Bonchev–Trinajstić information content (AvgIpc) is 2.25. The molecule has 0 spiro atoms. The molecular weight excluding hydrogens is 230 g/mol. The van der Waals surface area contributed by atoms with Gasteiger partial charge in [-0.25, -0.2) is 0 Å². The van der Waals surface area contributed by atoms with Gasteiger partial charge in [-0.15, -0.1) is 0 Å². The van der Waals surface area contributed by atoms with E-state index in [0.29, 0.717) is 10.6 Å². The first-order valence-electron chi connectivity index (χ1n) is 4.58. The van der Waals surface area contributed by atoms with Crippen LogP contribution in [0.5, 0.6) is 0 Å². The quantitative estimate of drug-likeness (QED) is 0.379. The third-order valence-corrected chi connectivity index (χ3v) is 2.28. The lowest BCUT2D eigenvalue weighted by atomic mass is 10.0. The van der Waals surface area contributed by atoms with E-state index < -0.39 is 17.9 Å². The van der Waals surface area contributed by atoms with Gasteiger partial charge in [-0.3, -0.25) is 4.79 Å². The number of carbonyl (C=O) groups is 1. The van der Waals surface area contributed by atoms with Gasteiger partial charge in [-0.05, 0) is 36.7 Å². The summed E-state index contributed by atoms with van der Waals surface area (Å²) < 4.78 is 0. The first-order chi connectivity index (χ1) is 7.56. The van der Waals surface area contributed by atoms with Gasteiger partial charge < -0.3 is 5.11 Å². The highest BCUT2D eigenvalue weighted by atomic mass is 35.5. The minimum absolute atomic E-state index is 0.350. The van der Waals surface area contributed by atoms with Gasteiger partial charge in [-0.2, -0.15) is 0 Å². The largest absolute Gasteiger partial charge is 0.393 e. The molecule has 1 aromatic rings. The summed E-state index contributed by atoms with van der Waals surface area (Å²) in [6.07, 6.45) is -1.03. The van der Waals surface area contributed by atoms with E-state index in [4.69, 9.17) is 17.1 Å². The van der Waals surface area contributed by atoms with E-state index in [0.717, 1.165) is 0 Å². The molecule has 2 atom stereocenters. The Morgan fingerprint density at radius 3 is 2.50 bits per heavy atom. The van der Waals surface area contributed by atoms with Crippen molar-refractivity contribution in [1.29, 1.82) is 0 Å². The third kappa shape index (κ3) is 2.97. The monoisotopic (exact) mass is 239 g/mol. The fraction of sp³-hybridized carbons (Fsp3) is 0.300. The molecule has 5 nitrogen and oxygen atoms in total. The van der Waals surface area contributed by atoms with E-state index in [2.05, 4.69) is 10.0 Å². The van der Waals surface area contributed by atoms with Crippen molar-refractivity contribution in [2.45, 2.75) is 19.1 Å². The van der Waals surface area contributed by atoms with Crippen LogP contribution >= 0.6 is 11.6 Å². The summed E-state index contributed by atoms with van der Waals surface area (Å²) in [7, 11) is 0. The molecule has 0 aromatic heterocycles. The second kappa shape index (κ2) is 5.51. The van der Waals surface area contributed by atoms with Crippen molar-refractivity contribution in [3.63, 3.8) is 0 Å². The van der Waals surface area contributed by atoms with Crippen molar-refractivity contribution in [1.82, 2.24) is 0 Å². The van der Waals surface area contributed by atoms with E-state index in [1.807, 2.05) is 0 Å². The molecule has 0 fully saturated rings. The minimum Gasteiger partial charge on any atom is -0.393 e. The Bertz CT molecular complexity index is 424. The second-order valence-electron chi connectivity index (χ2n) is 3.26. The van der Waals surface area contributed by atoms with Gasteiger partial charge in [0, 0.05) is 15.5 Å². The molecule has 0 aliphatic rings. The van der Waals surface area contributed by atoms with Crippen LogP contribution in [0.4, 0.5) is 0 Å². The van der Waals surface area contributed by atoms with Crippen molar-refractivity contribution < 1.29 is 9.90 Å². The second-order valence-corrected chi connectivity index (χ2v) is 3.70. The molecule has 6 heteroatoms. The Kier molecular flexibility index (Phi) is 4.31. The summed E-state index contributed by atoms with van der Waals surface area (Å²) in [5.74, 6) is -0.426. The van der Waals surface area contributed by atoms with Crippen LogP contribution in [0.15, 0.2) is 29.4 Å². The lowest BCUT2D eigenvalue weighted by molar-refractivity contribution is 0.0848. The average molecular weight is 240 g/mol. The fourth-order valence-corrected chi connectivity index (χ4v) is 1.33. The summed E-state index contributed by atoms with van der Waals surface area (Å²) in [6.45, 7) is 1.40. The van der Waals surface area contributed by atoms with Gasteiger partial charge in [-0.1, -0.05) is 16.7 Å². The van der Waals surface area contributed by atoms with Crippen LogP contribution in [0.1, 0.15) is 17.3 Å². The number of ketones is 1. The summed E-state index contributed by atoms with van der Waals surface area (Å²) >= 11 is 5.68. The van der Waals surface area contributed by atoms with Gasteiger partial charge >= 0.3 is 0 Å². The van der Waals surface area contributed by atoms with Crippen molar-refractivity contribution in [3.05, 3.63) is 45.3 Å². The van der Waals surface area contributed by atoms with Gasteiger partial charge in [0.2, 0.25) is 0 Å². The van der Waals surface area contributed by atoms with Crippen LogP contribution in [0.2, 0.25) is 5.02 Å². The molecule has 84 valence electrons. The number of carbonyl (C=O) groups excluding carboxylic acids is 1. The highest BCUT2D eigenvalue weighted by Gasteiger charge is 2.23. The molecule has 0 heterocycles. The number of halogens is 1. The van der Waals surface area contributed by atoms with E-state index in [1.165, 1.54) is 19.1 Å². The number of benzene rings is 1. The van der Waals surface area contributed by atoms with Crippen molar-refractivity contribution in [3.8, 4) is 0 Å². The molecule has 0 bridgehead atoms. The van der Waals surface area contributed by atoms with Gasteiger partial charge in [0.05, 0.1) is 6.10 Å². The van der Waals surface area contributed by atoms with E-state index in [-0.39, 0.29) is 0 Å². The predicted molar refractivity (Wildman–Crippen MR) is 60.4 cm³/mol. The number of Topliss-reactive ketones (excluding diaryl/α,β-unsaturated/α-hetero) is 1. The number of azide groups is 1. The molecular formula is C10H10ClN3O2. The van der Waals surface area contributed by atoms with Crippen molar-refractivity contribution >= 4 is 17.4 Å². The molecule has 0 aliphatic heterocycles. The SMILES string of the molecule is C[C@H](O)[C@H](N=[N+]=[N-])C(=O)c1ccc(Cl)cc1. The maximum absolute atomic E-state index is 11.8. The highest BCUT2D eigenvalue weighted by Crippen LogP contribution is 2.14. The van der Waals surface area contributed by atoms with Crippen molar-refractivity contribution in [2.75, 3.05) is 0 Å². The normalized spacial score (nSPS) is 13.7. The smallest absolute Gasteiger partial charge is 0.174 e. The number of nitrogens with zero attached hydrogens (tertiary/aromatic N) is 3. The minimum atomic E-state index is -1.11. The Morgan fingerprint density at radius 1 is 1.50 bits per heavy atom. The highest BCUT2D eigenvalue weighted by molar-refractivity contribution is 6.30. The molecule has 0 radical (unpaired) electrons. The fourth-order valence-electron chi connectivity index (χ4n) is 1.21. The standard InChI is InChI=1S/C10H10ClN3O2/c1-6(15)9(13-14-12)10(16)7-2-4-8(11)5-3-7/h2-6,9,15H,1H3/t6-,9-/m0/s1. The molecule has 1 rings (SSSR count). The summed E-state index contributed by atoms with van der Waals surface area (Å²) in [5, 5.41) is 13.1. The molecule has 1 N–H and O–H groups in total. The number of hydrogen-bond acceptors (Lipinski definition) is 3. The summed E-state index contributed by atoms with van der Waals surface area (Å²) in [5.41, 5.74) is 8.65. The van der Waals surface area contributed by atoms with E-state index in [1.54, 1.807) is 12.1 Å². The van der Waals surface area contributed by atoms with Crippen LogP contribution in [0, 0.1) is 0 Å². The van der Waals surface area contributed by atoms with Crippen LogP contribution in [0.25, 0.3) is 10.4 Å². The molecule has 0 amide bonds. The van der Waals surface area contributed by atoms with Crippen LogP contribution in [-0.2, 0) is 0 Å². The van der Waals surface area contributed by atoms with Gasteiger partial charge in [0.1, 0.15) is 6.04 Å². The van der Waals surface area contributed by atoms with Crippen LogP contribution in [-0.4, -0.2) is 23.0 Å². The van der Waals surface area contributed by atoms with Gasteiger partial charge in [0.15, 0.2) is 5.78 Å². The first-order valence-corrected chi connectivity index (χ1v) is 4.96. The van der Waals surface area contributed by atoms with E-state index in [9.17, 15) is 9.90 Å². The first kappa shape index (κ1) is 12.5. The van der Waals surface area contributed by atoms with E-state index >= 15 is 0 Å². The van der Waals surface area contributed by atoms with Crippen LogP contribution in [0.3, 0.4) is 0 Å². The Morgan fingerprint density at radius 2 is 2.06 bits per heavy atom. The Hall–Kier alpha value is -1.55. The molecule has 0 unspecified atom stereocenters. The maximum Gasteiger partial charge on any atom is 0.174 e. The Balaban J connectivity index is 2.99. The molecule has 16 heavy (non-hydrogen) atoms. The predicted octanol–water partition coefficient (Wildman–Crippen LogP) is 2.58. The number of hydrogen-bond donors (Lipinski definition) is 1. The molecule has 0 saturated heterocycles. The number of rotatable bonds is 4. The summed E-state index contributed by atoms with van der Waals surface area (Å²) in [6, 6.07) is 5.06. The topological polar surface area (TPSA) is 86.1 Å². The molecule has 1 aromatic carbocycles. The lowest BCUT2D eigenvalue weighted by Crippen LogP contribution is -2.29. The molecule has 0 saturated carbocycles. The van der Waals surface area contributed by atoms with Crippen LogP contribution < -0.4 is 0 Å². The number of aliphatic hydroxyl groups excluding tert-OH is 1. The zero-order chi connectivity index (χ0) is 12.1. The zero-order valence-electron chi connectivity index (χ0n) is 8.54. The molecule has 0 aliphatic carbocycles. The zero-order valence-corrected chi connectivity index (χ0v) is 9.30. The maximum atomic E-state index is 11.8. The Labute approximate surface area is 97.3 Å². The third-order valence-electron chi connectivity index (χ3n) is 2.03.